The van der Waals surface area contributed by atoms with Gasteiger partial charge in [-0.25, -0.2) is 0 Å². The van der Waals surface area contributed by atoms with Gasteiger partial charge in [-0.05, 0) is 18.9 Å². The highest BCUT2D eigenvalue weighted by atomic mass is 16.5. The third kappa shape index (κ3) is 3.86. The number of rotatable bonds is 7. The molecule has 90 valence electrons. The zero-order valence-corrected chi connectivity index (χ0v) is 10.3. The summed E-state index contributed by atoms with van der Waals surface area (Å²) in [5.41, 5.74) is 0.904. The molecule has 1 N–H and O–H groups in total. The van der Waals surface area contributed by atoms with Crippen LogP contribution in [0.4, 0.5) is 0 Å². The molecule has 0 aromatic heterocycles. The van der Waals surface area contributed by atoms with E-state index in [1.54, 1.807) is 0 Å². The molecule has 0 saturated carbocycles. The lowest BCUT2D eigenvalue weighted by atomic mass is 10.1. The molecule has 0 aliphatic heterocycles. The van der Waals surface area contributed by atoms with Gasteiger partial charge in [-0.1, -0.05) is 44.9 Å². The summed E-state index contributed by atoms with van der Waals surface area (Å²) in [6.07, 6.45) is 3.77. The van der Waals surface area contributed by atoms with Gasteiger partial charge in [0.15, 0.2) is 0 Å². The highest BCUT2D eigenvalue weighted by Crippen LogP contribution is 2.26. The average Bonchev–Trinajstić information content (AvgIpc) is 2.34. The van der Waals surface area contributed by atoms with Gasteiger partial charge in [-0.3, -0.25) is 0 Å². The first-order valence-electron chi connectivity index (χ1n) is 6.19. The highest BCUT2D eigenvalue weighted by molar-refractivity contribution is 5.34. The molecule has 2 nitrogen and oxygen atoms in total. The SMILES string of the molecule is CCCCCOc1ccccc1[C@H](O)CC. The van der Waals surface area contributed by atoms with Crippen LogP contribution >= 0.6 is 0 Å². The molecular weight excluding hydrogens is 200 g/mol. The molecule has 0 fully saturated rings. The Labute approximate surface area is 98.3 Å². The molecule has 16 heavy (non-hydrogen) atoms. The average molecular weight is 222 g/mol. The van der Waals surface area contributed by atoms with E-state index in [1.807, 2.05) is 31.2 Å². The molecule has 0 radical (unpaired) electrons. The largest absolute Gasteiger partial charge is 0.493 e. The fourth-order valence-corrected chi connectivity index (χ4v) is 1.64. The van der Waals surface area contributed by atoms with Crippen LogP contribution in [0.15, 0.2) is 24.3 Å². The van der Waals surface area contributed by atoms with E-state index in [1.165, 1.54) is 12.8 Å². The van der Waals surface area contributed by atoms with Gasteiger partial charge in [0.2, 0.25) is 0 Å². The monoisotopic (exact) mass is 222 g/mol. The first kappa shape index (κ1) is 13.0. The van der Waals surface area contributed by atoms with Crippen LogP contribution in [0, 0.1) is 0 Å². The molecule has 0 saturated heterocycles. The Kier molecular flexibility index (Phi) is 5.94. The number of benzene rings is 1. The minimum atomic E-state index is -0.414. The van der Waals surface area contributed by atoms with Gasteiger partial charge in [-0.2, -0.15) is 0 Å². The molecule has 0 amide bonds. The van der Waals surface area contributed by atoms with Gasteiger partial charge < -0.3 is 9.84 Å². The minimum absolute atomic E-state index is 0.414. The van der Waals surface area contributed by atoms with Gasteiger partial charge >= 0.3 is 0 Å². The second kappa shape index (κ2) is 7.29. The summed E-state index contributed by atoms with van der Waals surface area (Å²) < 4.78 is 5.70. The third-order valence-electron chi connectivity index (χ3n) is 2.67. The van der Waals surface area contributed by atoms with E-state index in [-0.39, 0.29) is 0 Å². The van der Waals surface area contributed by atoms with Crippen molar-refractivity contribution in [2.45, 2.75) is 45.6 Å². The Balaban J connectivity index is 2.57. The second-order valence-corrected chi connectivity index (χ2v) is 4.02. The molecule has 1 rings (SSSR count). The summed E-state index contributed by atoms with van der Waals surface area (Å²) in [6, 6.07) is 7.75. The summed E-state index contributed by atoms with van der Waals surface area (Å²) >= 11 is 0. The number of hydrogen-bond donors (Lipinski definition) is 1. The van der Waals surface area contributed by atoms with Gasteiger partial charge in [-0.15, -0.1) is 0 Å². The summed E-state index contributed by atoms with van der Waals surface area (Å²) in [4.78, 5) is 0. The molecule has 2 heteroatoms. The maximum Gasteiger partial charge on any atom is 0.125 e. The number of aliphatic hydroxyl groups is 1. The number of unbranched alkanes of at least 4 members (excludes halogenated alkanes) is 2. The molecule has 0 spiro atoms. The van der Waals surface area contributed by atoms with Crippen molar-refractivity contribution >= 4 is 0 Å². The molecule has 0 unspecified atom stereocenters. The van der Waals surface area contributed by atoms with Crippen molar-refractivity contribution in [1.82, 2.24) is 0 Å². The van der Waals surface area contributed by atoms with E-state index in [4.69, 9.17) is 4.74 Å². The van der Waals surface area contributed by atoms with Crippen molar-refractivity contribution < 1.29 is 9.84 Å². The van der Waals surface area contributed by atoms with Crippen molar-refractivity contribution in [3.05, 3.63) is 29.8 Å². The number of para-hydroxylation sites is 1. The molecule has 0 bridgehead atoms. The zero-order chi connectivity index (χ0) is 11.8. The van der Waals surface area contributed by atoms with E-state index < -0.39 is 6.10 Å². The van der Waals surface area contributed by atoms with Crippen molar-refractivity contribution in [2.75, 3.05) is 6.61 Å². The van der Waals surface area contributed by atoms with Crippen molar-refractivity contribution in [3.8, 4) is 5.75 Å². The van der Waals surface area contributed by atoms with Crippen LogP contribution in [-0.2, 0) is 0 Å². The maximum absolute atomic E-state index is 9.83. The predicted octanol–water partition coefficient (Wildman–Crippen LogP) is 3.70. The molecule has 0 aliphatic rings. The molecule has 0 aliphatic carbocycles. The van der Waals surface area contributed by atoms with E-state index in [2.05, 4.69) is 6.92 Å². The van der Waals surface area contributed by atoms with Crippen molar-refractivity contribution in [2.24, 2.45) is 0 Å². The van der Waals surface area contributed by atoms with Crippen LogP contribution in [-0.4, -0.2) is 11.7 Å². The summed E-state index contributed by atoms with van der Waals surface area (Å²) in [5.74, 6) is 0.827. The standard InChI is InChI=1S/C14H22O2/c1-3-5-8-11-16-14-10-7-6-9-12(14)13(15)4-2/h6-7,9-10,13,15H,3-5,8,11H2,1-2H3/t13-/m1/s1. The van der Waals surface area contributed by atoms with E-state index >= 15 is 0 Å². The molecule has 0 heterocycles. The van der Waals surface area contributed by atoms with Crippen molar-refractivity contribution in [3.63, 3.8) is 0 Å². The van der Waals surface area contributed by atoms with Gasteiger partial charge in [0.05, 0.1) is 12.7 Å². The second-order valence-electron chi connectivity index (χ2n) is 4.02. The third-order valence-corrected chi connectivity index (χ3v) is 2.67. The van der Waals surface area contributed by atoms with Crippen molar-refractivity contribution in [1.29, 1.82) is 0 Å². The van der Waals surface area contributed by atoms with Gasteiger partial charge in [0, 0.05) is 5.56 Å². The van der Waals surface area contributed by atoms with E-state index in [0.29, 0.717) is 0 Å². The van der Waals surface area contributed by atoms with Crippen LogP contribution in [0.2, 0.25) is 0 Å². The molecule has 1 aromatic rings. The lowest BCUT2D eigenvalue weighted by Crippen LogP contribution is -2.03. The molecular formula is C14H22O2. The Morgan fingerprint density at radius 1 is 1.19 bits per heavy atom. The molecule has 1 atom stereocenters. The van der Waals surface area contributed by atoms with Crippen LogP contribution in [0.5, 0.6) is 5.75 Å². The lowest BCUT2D eigenvalue weighted by molar-refractivity contribution is 0.167. The van der Waals surface area contributed by atoms with Crippen LogP contribution in [0.3, 0.4) is 0 Å². The quantitative estimate of drug-likeness (QED) is 0.713. The number of ether oxygens (including phenoxy) is 1. The normalized spacial score (nSPS) is 12.4. The fourth-order valence-electron chi connectivity index (χ4n) is 1.64. The summed E-state index contributed by atoms with van der Waals surface area (Å²) in [7, 11) is 0. The van der Waals surface area contributed by atoms with Crippen LogP contribution < -0.4 is 4.74 Å². The Morgan fingerprint density at radius 3 is 2.62 bits per heavy atom. The highest BCUT2D eigenvalue weighted by Gasteiger charge is 2.10. The maximum atomic E-state index is 9.83. The minimum Gasteiger partial charge on any atom is -0.493 e. The van der Waals surface area contributed by atoms with Gasteiger partial charge in [0.25, 0.3) is 0 Å². The topological polar surface area (TPSA) is 29.5 Å². The number of aliphatic hydroxyl groups excluding tert-OH is 1. The summed E-state index contributed by atoms with van der Waals surface area (Å²) in [6.45, 7) is 4.88. The van der Waals surface area contributed by atoms with Crippen LogP contribution in [0.1, 0.15) is 51.2 Å². The zero-order valence-electron chi connectivity index (χ0n) is 10.3. The fraction of sp³-hybridized carbons (Fsp3) is 0.571. The Morgan fingerprint density at radius 2 is 1.94 bits per heavy atom. The number of hydrogen-bond acceptors (Lipinski definition) is 2. The molecule has 1 aromatic carbocycles. The van der Waals surface area contributed by atoms with E-state index in [0.717, 1.165) is 30.8 Å². The lowest BCUT2D eigenvalue weighted by Gasteiger charge is -2.14. The smallest absolute Gasteiger partial charge is 0.125 e. The van der Waals surface area contributed by atoms with E-state index in [9.17, 15) is 5.11 Å². The Bertz CT molecular complexity index is 297. The summed E-state index contributed by atoms with van der Waals surface area (Å²) in [5, 5.41) is 9.83. The first-order chi connectivity index (χ1) is 7.79. The first-order valence-corrected chi connectivity index (χ1v) is 6.19. The van der Waals surface area contributed by atoms with Gasteiger partial charge in [0.1, 0.15) is 5.75 Å². The Hall–Kier alpha value is -1.02. The van der Waals surface area contributed by atoms with Crippen LogP contribution in [0.25, 0.3) is 0 Å². The predicted molar refractivity (Wildman–Crippen MR) is 66.7 cm³/mol.